The monoisotopic (exact) mass is 506 g/mol. The molecule has 1 atom stereocenters. The first kappa shape index (κ1) is 25.3. The zero-order chi connectivity index (χ0) is 24.0. The van der Waals surface area contributed by atoms with Gasteiger partial charge in [-0.25, -0.2) is 17.3 Å². The Hall–Kier alpha value is -2.36. The summed E-state index contributed by atoms with van der Waals surface area (Å²) in [6.07, 6.45) is 4.08. The molecular formula is C23H26Cl2N5O2S+. The Balaban J connectivity index is 1.64. The summed E-state index contributed by atoms with van der Waals surface area (Å²) in [5, 5.41) is 12.0. The third kappa shape index (κ3) is 6.59. The number of hydrogen-bond acceptors (Lipinski definition) is 5. The summed E-state index contributed by atoms with van der Waals surface area (Å²) < 4.78 is 27.9. The molecule has 0 bridgehead atoms. The molecule has 0 fully saturated rings. The Kier molecular flexibility index (Phi) is 8.56. The van der Waals surface area contributed by atoms with Crippen LogP contribution in [0, 0.1) is 0 Å². The molecule has 1 unspecified atom stereocenters. The summed E-state index contributed by atoms with van der Waals surface area (Å²) in [7, 11) is -0.860. The van der Waals surface area contributed by atoms with Crippen LogP contribution in [0.1, 0.15) is 18.5 Å². The van der Waals surface area contributed by atoms with Crippen LogP contribution in [0.25, 0.3) is 0 Å². The quantitative estimate of drug-likeness (QED) is 0.316. The molecule has 0 radical (unpaired) electrons. The summed E-state index contributed by atoms with van der Waals surface area (Å²) in [4.78, 5) is -0.0744. The molecule has 2 aromatic carbocycles. The normalized spacial score (nSPS) is 13.0. The van der Waals surface area contributed by atoms with Crippen molar-refractivity contribution in [3.05, 3.63) is 82.6 Å². The van der Waals surface area contributed by atoms with Gasteiger partial charge in [-0.15, -0.1) is 5.11 Å². The molecule has 0 aliphatic carbocycles. The van der Waals surface area contributed by atoms with Gasteiger partial charge in [-0.05, 0) is 36.8 Å². The summed E-state index contributed by atoms with van der Waals surface area (Å²) in [5.74, 6) is 0. The minimum atomic E-state index is -3.71. The van der Waals surface area contributed by atoms with Gasteiger partial charge in [0.05, 0.1) is 22.3 Å². The first-order chi connectivity index (χ1) is 15.7. The number of pyridine rings is 1. The number of benzene rings is 2. The molecule has 3 rings (SSSR count). The summed E-state index contributed by atoms with van der Waals surface area (Å²) in [6, 6.07) is 16.6. The van der Waals surface area contributed by atoms with Crippen LogP contribution in [0.2, 0.25) is 10.0 Å². The summed E-state index contributed by atoms with van der Waals surface area (Å²) >= 11 is 12.4. The lowest BCUT2D eigenvalue weighted by Gasteiger charge is -2.13. The van der Waals surface area contributed by atoms with Crippen LogP contribution in [-0.2, 0) is 16.6 Å². The molecule has 0 saturated carbocycles. The van der Waals surface area contributed by atoms with Crippen molar-refractivity contribution in [1.29, 1.82) is 0 Å². The fourth-order valence-corrected chi connectivity index (χ4v) is 4.72. The molecule has 0 aliphatic heterocycles. The maximum atomic E-state index is 12.3. The second-order valence-electron chi connectivity index (χ2n) is 7.60. The zero-order valence-corrected chi connectivity index (χ0v) is 20.9. The Labute approximate surface area is 204 Å². The van der Waals surface area contributed by atoms with Crippen molar-refractivity contribution in [1.82, 2.24) is 9.62 Å². The van der Waals surface area contributed by atoms with Crippen molar-refractivity contribution in [2.24, 2.45) is 10.2 Å². The lowest BCUT2D eigenvalue weighted by molar-refractivity contribution is -0.695. The molecular weight excluding hydrogens is 481 g/mol. The molecule has 174 valence electrons. The number of hydrogen-bond donors (Lipinski definition) is 1. The van der Waals surface area contributed by atoms with Crippen LogP contribution in [0.3, 0.4) is 0 Å². The molecule has 0 saturated heterocycles. The fraction of sp³-hybridized carbons (Fsp3) is 0.261. The fourth-order valence-electron chi connectivity index (χ4n) is 3.04. The second-order valence-corrected chi connectivity index (χ2v) is 10.5. The van der Waals surface area contributed by atoms with Crippen LogP contribution >= 0.6 is 23.2 Å². The van der Waals surface area contributed by atoms with Gasteiger partial charge < -0.3 is 5.32 Å². The number of azo groups is 1. The number of rotatable bonds is 9. The highest BCUT2D eigenvalue weighted by molar-refractivity contribution is 7.89. The van der Waals surface area contributed by atoms with Crippen LogP contribution in [0.15, 0.2) is 82.1 Å². The van der Waals surface area contributed by atoms with Gasteiger partial charge >= 0.3 is 0 Å². The van der Waals surface area contributed by atoms with Crippen molar-refractivity contribution >= 4 is 44.6 Å². The molecule has 0 aliphatic rings. The van der Waals surface area contributed by atoms with E-state index in [9.17, 15) is 8.42 Å². The van der Waals surface area contributed by atoms with Crippen molar-refractivity contribution in [2.75, 3.05) is 20.6 Å². The molecule has 3 aromatic rings. The number of nitrogens with one attached hydrogen (secondary N) is 1. The van der Waals surface area contributed by atoms with E-state index in [0.29, 0.717) is 5.69 Å². The second kappa shape index (κ2) is 11.2. The Morgan fingerprint density at radius 3 is 2.30 bits per heavy atom. The number of nitrogens with zero attached hydrogens (tertiary/aromatic N) is 4. The van der Waals surface area contributed by atoms with Gasteiger partial charge in [0, 0.05) is 32.3 Å². The predicted molar refractivity (Wildman–Crippen MR) is 131 cm³/mol. The van der Waals surface area contributed by atoms with E-state index in [4.69, 9.17) is 23.2 Å². The first-order valence-corrected chi connectivity index (χ1v) is 12.5. The van der Waals surface area contributed by atoms with E-state index in [1.54, 1.807) is 0 Å². The topological polar surface area (TPSA) is 78.0 Å². The maximum Gasteiger partial charge on any atom is 0.244 e. The zero-order valence-electron chi connectivity index (χ0n) is 18.6. The van der Waals surface area contributed by atoms with E-state index >= 15 is 0 Å². The Morgan fingerprint density at radius 2 is 1.67 bits per heavy atom. The highest BCUT2D eigenvalue weighted by Gasteiger charge is 2.22. The lowest BCUT2D eigenvalue weighted by atomic mass is 10.1. The van der Waals surface area contributed by atoms with Gasteiger partial charge in [0.25, 0.3) is 0 Å². The van der Waals surface area contributed by atoms with Gasteiger partial charge in [-0.1, -0.05) is 41.4 Å². The average molecular weight is 507 g/mol. The van der Waals surface area contributed by atoms with E-state index in [1.165, 1.54) is 26.2 Å². The van der Waals surface area contributed by atoms with Crippen LogP contribution < -0.4 is 9.88 Å². The number of sulfonamides is 1. The van der Waals surface area contributed by atoms with Crippen LogP contribution in [-0.4, -0.2) is 33.4 Å². The third-order valence-electron chi connectivity index (χ3n) is 5.02. The standard InChI is InChI=1S/C23H26Cl2N5O2S/c1-17(26-11-14-30-12-5-4-6-13-30)18-7-9-19(10-8-18)27-28-22-15-21(25)23(16-20(22)24)33(31,32)29(2)3/h4-10,12-13,15-17,26H,11,14H2,1-3H3/q+1. The largest absolute Gasteiger partial charge is 0.304 e. The van der Waals surface area contributed by atoms with Gasteiger partial charge in [-0.3, -0.25) is 0 Å². The van der Waals surface area contributed by atoms with E-state index in [1.807, 2.05) is 54.9 Å². The number of halogens is 2. The SMILES string of the molecule is CC(NCC[n+]1ccccc1)c1ccc(N=Nc2cc(Cl)c(S(=O)(=O)N(C)C)cc2Cl)cc1. The molecule has 1 heterocycles. The molecule has 7 nitrogen and oxygen atoms in total. The van der Waals surface area contributed by atoms with Crippen molar-refractivity contribution in [3.63, 3.8) is 0 Å². The van der Waals surface area contributed by atoms with E-state index in [-0.39, 0.29) is 26.7 Å². The van der Waals surface area contributed by atoms with E-state index in [2.05, 4.69) is 27.0 Å². The molecule has 0 amide bonds. The molecule has 1 aromatic heterocycles. The maximum absolute atomic E-state index is 12.3. The van der Waals surface area contributed by atoms with Crippen molar-refractivity contribution in [3.8, 4) is 0 Å². The summed E-state index contributed by atoms with van der Waals surface area (Å²) in [6.45, 7) is 3.84. The Morgan fingerprint density at radius 1 is 1.00 bits per heavy atom. The molecule has 10 heteroatoms. The van der Waals surface area contributed by atoms with Gasteiger partial charge in [0.2, 0.25) is 10.0 Å². The number of aromatic nitrogens is 1. The first-order valence-electron chi connectivity index (χ1n) is 10.3. The van der Waals surface area contributed by atoms with Gasteiger partial charge in [0.15, 0.2) is 18.9 Å². The highest BCUT2D eigenvalue weighted by atomic mass is 35.5. The van der Waals surface area contributed by atoms with Crippen LogP contribution in [0.4, 0.5) is 11.4 Å². The smallest absolute Gasteiger partial charge is 0.244 e. The molecule has 1 N–H and O–H groups in total. The Bertz CT molecular complexity index is 1220. The minimum Gasteiger partial charge on any atom is -0.304 e. The van der Waals surface area contributed by atoms with Crippen molar-refractivity contribution in [2.45, 2.75) is 24.4 Å². The molecule has 0 spiro atoms. The molecule has 33 heavy (non-hydrogen) atoms. The minimum absolute atomic E-state index is 0.0333. The third-order valence-corrected chi connectivity index (χ3v) is 7.61. The van der Waals surface area contributed by atoms with Crippen LogP contribution in [0.5, 0.6) is 0 Å². The van der Waals surface area contributed by atoms with Gasteiger partial charge in [-0.2, -0.15) is 5.11 Å². The van der Waals surface area contributed by atoms with E-state index in [0.717, 1.165) is 23.0 Å². The van der Waals surface area contributed by atoms with Gasteiger partial charge in [0.1, 0.15) is 10.6 Å². The highest BCUT2D eigenvalue weighted by Crippen LogP contribution is 2.35. The average Bonchev–Trinajstić information content (AvgIpc) is 2.80. The lowest BCUT2D eigenvalue weighted by Crippen LogP contribution is -2.38. The predicted octanol–water partition coefficient (Wildman–Crippen LogP) is 5.30. The summed E-state index contributed by atoms with van der Waals surface area (Å²) in [5.41, 5.74) is 2.06. The van der Waals surface area contributed by atoms with E-state index < -0.39 is 10.0 Å². The van der Waals surface area contributed by atoms with Crippen molar-refractivity contribution < 1.29 is 13.0 Å².